The van der Waals surface area contributed by atoms with Gasteiger partial charge >= 0.3 is 0 Å². The normalized spacial score (nSPS) is 10.5. The van der Waals surface area contributed by atoms with E-state index in [-0.39, 0.29) is 12.3 Å². The number of methoxy groups -OCH3 is 1. The number of carbonyl (C=O) groups excluding carboxylic acids is 1. The van der Waals surface area contributed by atoms with Crippen LogP contribution in [0.25, 0.3) is 10.9 Å². The fraction of sp³-hybridized carbons (Fsp3) is 0.111. The zero-order valence-electron chi connectivity index (χ0n) is 12.5. The maximum atomic E-state index is 12.4. The number of aromatic nitrogens is 1. The van der Waals surface area contributed by atoms with Gasteiger partial charge in [-0.3, -0.25) is 9.78 Å². The lowest BCUT2D eigenvalue weighted by atomic mass is 10.1. The Labute approximate surface area is 139 Å². The van der Waals surface area contributed by atoms with Gasteiger partial charge in [-0.05, 0) is 30.3 Å². The predicted molar refractivity (Wildman–Crippen MR) is 92.1 cm³/mol. The number of halogens is 1. The summed E-state index contributed by atoms with van der Waals surface area (Å²) in [5.41, 5.74) is 2.15. The van der Waals surface area contributed by atoms with Gasteiger partial charge in [-0.2, -0.15) is 0 Å². The standard InChI is InChI=1S/C18H15ClN2O2/c1-23-16-7-3-2-5-12(16)11-17(22)21-15-9-8-14(19)13-6-4-10-20-18(13)15/h2-10H,11H2,1H3,(H,21,22). The monoisotopic (exact) mass is 326 g/mol. The van der Waals surface area contributed by atoms with E-state index in [0.717, 1.165) is 10.9 Å². The molecule has 0 aliphatic heterocycles. The van der Waals surface area contributed by atoms with E-state index in [0.29, 0.717) is 22.0 Å². The summed E-state index contributed by atoms with van der Waals surface area (Å²) in [5, 5.41) is 4.31. The van der Waals surface area contributed by atoms with Gasteiger partial charge in [0.2, 0.25) is 5.91 Å². The van der Waals surface area contributed by atoms with E-state index in [9.17, 15) is 4.79 Å². The van der Waals surface area contributed by atoms with Crippen molar-refractivity contribution in [3.63, 3.8) is 0 Å². The summed E-state index contributed by atoms with van der Waals surface area (Å²) in [5.74, 6) is 0.561. The molecule has 0 saturated carbocycles. The van der Waals surface area contributed by atoms with Crippen LogP contribution in [0, 0.1) is 0 Å². The molecule has 1 amide bonds. The van der Waals surface area contributed by atoms with Crippen molar-refractivity contribution in [1.29, 1.82) is 0 Å². The van der Waals surface area contributed by atoms with Crippen LogP contribution in [0.5, 0.6) is 5.75 Å². The average molecular weight is 327 g/mol. The highest BCUT2D eigenvalue weighted by molar-refractivity contribution is 6.35. The molecule has 0 bridgehead atoms. The molecule has 3 aromatic rings. The first kappa shape index (κ1) is 15.3. The third kappa shape index (κ3) is 3.27. The zero-order valence-corrected chi connectivity index (χ0v) is 13.3. The lowest BCUT2D eigenvalue weighted by molar-refractivity contribution is -0.115. The maximum Gasteiger partial charge on any atom is 0.228 e. The Balaban J connectivity index is 1.85. The smallest absolute Gasteiger partial charge is 0.228 e. The fourth-order valence-corrected chi connectivity index (χ4v) is 2.67. The van der Waals surface area contributed by atoms with Crippen molar-refractivity contribution < 1.29 is 9.53 Å². The maximum absolute atomic E-state index is 12.4. The van der Waals surface area contributed by atoms with E-state index >= 15 is 0 Å². The van der Waals surface area contributed by atoms with Crippen LogP contribution in [0.15, 0.2) is 54.7 Å². The summed E-state index contributed by atoms with van der Waals surface area (Å²) in [6.07, 6.45) is 1.90. The van der Waals surface area contributed by atoms with Crippen LogP contribution in [-0.2, 0) is 11.2 Å². The highest BCUT2D eigenvalue weighted by atomic mass is 35.5. The molecular formula is C18H15ClN2O2. The summed E-state index contributed by atoms with van der Waals surface area (Å²) in [7, 11) is 1.59. The highest BCUT2D eigenvalue weighted by Gasteiger charge is 2.11. The number of rotatable bonds is 4. The second kappa shape index (κ2) is 6.67. The molecule has 116 valence electrons. The van der Waals surface area contributed by atoms with Crippen molar-refractivity contribution in [1.82, 2.24) is 4.98 Å². The van der Waals surface area contributed by atoms with Gasteiger partial charge in [0, 0.05) is 17.1 Å². The van der Waals surface area contributed by atoms with E-state index in [1.54, 1.807) is 25.4 Å². The molecule has 2 aromatic carbocycles. The van der Waals surface area contributed by atoms with E-state index in [2.05, 4.69) is 10.3 Å². The largest absolute Gasteiger partial charge is 0.496 e. The van der Waals surface area contributed by atoms with Crippen molar-refractivity contribution in [2.24, 2.45) is 0 Å². The number of amides is 1. The van der Waals surface area contributed by atoms with Gasteiger partial charge in [0.1, 0.15) is 5.75 Å². The minimum Gasteiger partial charge on any atom is -0.496 e. The summed E-state index contributed by atoms with van der Waals surface area (Å²) in [4.78, 5) is 16.7. The Morgan fingerprint density at radius 3 is 2.83 bits per heavy atom. The molecule has 0 saturated heterocycles. The molecule has 0 spiro atoms. The van der Waals surface area contributed by atoms with Crippen LogP contribution in [0.2, 0.25) is 5.02 Å². The van der Waals surface area contributed by atoms with Crippen LogP contribution in [0.4, 0.5) is 5.69 Å². The van der Waals surface area contributed by atoms with Crippen molar-refractivity contribution in [2.75, 3.05) is 12.4 Å². The summed E-state index contributed by atoms with van der Waals surface area (Å²) >= 11 is 6.17. The van der Waals surface area contributed by atoms with Crippen LogP contribution in [0.1, 0.15) is 5.56 Å². The van der Waals surface area contributed by atoms with Gasteiger partial charge < -0.3 is 10.1 Å². The fourth-order valence-electron chi connectivity index (χ4n) is 2.46. The molecule has 0 aliphatic rings. The zero-order chi connectivity index (χ0) is 16.2. The van der Waals surface area contributed by atoms with Crippen LogP contribution in [-0.4, -0.2) is 18.0 Å². The molecule has 0 atom stereocenters. The first-order valence-electron chi connectivity index (χ1n) is 7.14. The first-order valence-corrected chi connectivity index (χ1v) is 7.52. The molecule has 5 heteroatoms. The molecule has 0 fully saturated rings. The third-order valence-electron chi connectivity index (χ3n) is 3.53. The Hall–Kier alpha value is -2.59. The quantitative estimate of drug-likeness (QED) is 0.786. The van der Waals surface area contributed by atoms with Crippen LogP contribution < -0.4 is 10.1 Å². The average Bonchev–Trinajstić information content (AvgIpc) is 2.58. The number of ether oxygens (including phenoxy) is 1. The number of nitrogens with zero attached hydrogens (tertiary/aromatic N) is 1. The van der Waals surface area contributed by atoms with Crippen molar-refractivity contribution in [3.05, 3.63) is 65.3 Å². The molecule has 0 aliphatic carbocycles. The number of nitrogens with one attached hydrogen (secondary N) is 1. The van der Waals surface area contributed by atoms with Crippen molar-refractivity contribution in [2.45, 2.75) is 6.42 Å². The molecule has 1 N–H and O–H groups in total. The van der Waals surface area contributed by atoms with E-state index in [1.165, 1.54) is 0 Å². The van der Waals surface area contributed by atoms with Crippen LogP contribution in [0.3, 0.4) is 0 Å². The summed E-state index contributed by atoms with van der Waals surface area (Å²) in [6.45, 7) is 0. The number of fused-ring (bicyclic) bond motifs is 1. The Kier molecular flexibility index (Phi) is 4.44. The molecule has 3 rings (SSSR count). The van der Waals surface area contributed by atoms with Gasteiger partial charge in [0.15, 0.2) is 0 Å². The second-order valence-electron chi connectivity index (χ2n) is 5.03. The Morgan fingerprint density at radius 1 is 1.17 bits per heavy atom. The van der Waals surface area contributed by atoms with E-state index in [4.69, 9.17) is 16.3 Å². The number of anilines is 1. The molecule has 1 aromatic heterocycles. The summed E-state index contributed by atoms with van der Waals surface area (Å²) in [6, 6.07) is 14.7. The predicted octanol–water partition coefficient (Wildman–Crippen LogP) is 4.08. The van der Waals surface area contributed by atoms with E-state index < -0.39 is 0 Å². The lowest BCUT2D eigenvalue weighted by Gasteiger charge is -2.11. The minimum atomic E-state index is -0.135. The van der Waals surface area contributed by atoms with Crippen molar-refractivity contribution >= 4 is 34.1 Å². The lowest BCUT2D eigenvalue weighted by Crippen LogP contribution is -2.15. The van der Waals surface area contributed by atoms with Gasteiger partial charge in [-0.25, -0.2) is 0 Å². The minimum absolute atomic E-state index is 0.135. The number of hydrogen-bond acceptors (Lipinski definition) is 3. The van der Waals surface area contributed by atoms with Gasteiger partial charge in [-0.15, -0.1) is 0 Å². The van der Waals surface area contributed by atoms with Crippen LogP contribution >= 0.6 is 11.6 Å². The molecule has 1 heterocycles. The Bertz CT molecular complexity index is 865. The highest BCUT2D eigenvalue weighted by Crippen LogP contribution is 2.28. The molecule has 0 unspecified atom stereocenters. The Morgan fingerprint density at radius 2 is 2.00 bits per heavy atom. The second-order valence-corrected chi connectivity index (χ2v) is 5.44. The van der Waals surface area contributed by atoms with Gasteiger partial charge in [-0.1, -0.05) is 29.8 Å². The van der Waals surface area contributed by atoms with Gasteiger partial charge in [0.05, 0.1) is 29.8 Å². The molecule has 0 radical (unpaired) electrons. The first-order chi connectivity index (χ1) is 11.2. The number of carbonyl (C=O) groups is 1. The molecular weight excluding hydrogens is 312 g/mol. The van der Waals surface area contributed by atoms with E-state index in [1.807, 2.05) is 36.4 Å². The molecule has 4 nitrogen and oxygen atoms in total. The number of pyridine rings is 1. The summed E-state index contributed by atoms with van der Waals surface area (Å²) < 4.78 is 5.27. The number of benzene rings is 2. The van der Waals surface area contributed by atoms with Crippen molar-refractivity contribution in [3.8, 4) is 5.75 Å². The molecule has 23 heavy (non-hydrogen) atoms. The number of hydrogen-bond donors (Lipinski definition) is 1. The number of para-hydroxylation sites is 1. The SMILES string of the molecule is COc1ccccc1CC(=O)Nc1ccc(Cl)c2cccnc12. The topological polar surface area (TPSA) is 51.2 Å². The van der Waals surface area contributed by atoms with Gasteiger partial charge in [0.25, 0.3) is 0 Å². The third-order valence-corrected chi connectivity index (χ3v) is 3.86.